The SMILES string of the molecule is c1cc2ccn3c4ccc5oc6ncc(cc6c5c4)n4ccc5ccc6ccn(c7cnc8oc9ccc(cc9c8c7)n7ccc1c7c23)c6c54. The van der Waals surface area contributed by atoms with Crippen molar-refractivity contribution in [2.24, 2.45) is 0 Å². The second kappa shape index (κ2) is 8.50. The van der Waals surface area contributed by atoms with Crippen LogP contribution in [0.2, 0.25) is 0 Å². The molecule has 0 atom stereocenters. The Morgan fingerprint density at radius 1 is 0.360 bits per heavy atom. The van der Waals surface area contributed by atoms with Gasteiger partial charge in [0.25, 0.3) is 0 Å². The molecule has 232 valence electrons. The van der Waals surface area contributed by atoms with Crippen LogP contribution in [0.25, 0.3) is 110 Å². The number of nitrogens with zero attached hydrogens (tertiary/aromatic N) is 6. The molecule has 8 bridgehead atoms. The maximum atomic E-state index is 6.31. The van der Waals surface area contributed by atoms with Gasteiger partial charge in [-0.3, -0.25) is 0 Å². The molecule has 9 heterocycles. The first kappa shape index (κ1) is 25.0. The summed E-state index contributed by atoms with van der Waals surface area (Å²) in [5.41, 5.74) is 11.3. The van der Waals surface area contributed by atoms with Gasteiger partial charge in [-0.15, -0.1) is 0 Å². The van der Waals surface area contributed by atoms with E-state index in [1.807, 2.05) is 12.4 Å². The van der Waals surface area contributed by atoms with E-state index in [-0.39, 0.29) is 0 Å². The van der Waals surface area contributed by atoms with E-state index in [0.717, 1.165) is 98.4 Å². The molecule has 13 rings (SSSR count). The molecule has 0 aliphatic rings. The van der Waals surface area contributed by atoms with Crippen LogP contribution in [-0.2, 0) is 0 Å². The Bertz CT molecular complexity index is 3200. The van der Waals surface area contributed by atoms with Crippen LogP contribution in [0.15, 0.2) is 143 Å². The van der Waals surface area contributed by atoms with Crippen LogP contribution in [0, 0.1) is 0 Å². The molecular formula is C42H22N6O2. The van der Waals surface area contributed by atoms with Crippen molar-refractivity contribution in [1.29, 1.82) is 0 Å². The summed E-state index contributed by atoms with van der Waals surface area (Å²) in [7, 11) is 0. The van der Waals surface area contributed by atoms with Gasteiger partial charge in [-0.25, -0.2) is 9.97 Å². The lowest BCUT2D eigenvalue weighted by Gasteiger charge is -2.04. The van der Waals surface area contributed by atoms with Gasteiger partial charge in [0.15, 0.2) is 0 Å². The first-order valence-corrected chi connectivity index (χ1v) is 16.6. The highest BCUT2D eigenvalue weighted by Crippen LogP contribution is 2.35. The van der Waals surface area contributed by atoms with Gasteiger partial charge in [-0.1, -0.05) is 24.3 Å². The van der Waals surface area contributed by atoms with Crippen molar-refractivity contribution < 1.29 is 8.83 Å². The third kappa shape index (κ3) is 3.02. The predicted molar refractivity (Wildman–Crippen MR) is 199 cm³/mol. The van der Waals surface area contributed by atoms with Crippen molar-refractivity contribution >= 4 is 110 Å². The van der Waals surface area contributed by atoms with E-state index in [1.165, 1.54) is 0 Å². The molecule has 4 aromatic carbocycles. The molecule has 0 saturated heterocycles. The summed E-state index contributed by atoms with van der Waals surface area (Å²) >= 11 is 0. The molecular weight excluding hydrogens is 621 g/mol. The molecule has 50 heavy (non-hydrogen) atoms. The number of fused-ring (bicyclic) bond motifs is 8. The van der Waals surface area contributed by atoms with Gasteiger partial charge in [0.2, 0.25) is 11.4 Å². The Kier molecular flexibility index (Phi) is 4.25. The fourth-order valence-corrected chi connectivity index (χ4v) is 8.39. The smallest absolute Gasteiger partial charge is 0.227 e. The number of pyridine rings is 2. The van der Waals surface area contributed by atoms with E-state index >= 15 is 0 Å². The number of furan rings is 2. The van der Waals surface area contributed by atoms with Crippen molar-refractivity contribution in [3.63, 3.8) is 0 Å². The highest BCUT2D eigenvalue weighted by molar-refractivity contribution is 6.11. The van der Waals surface area contributed by atoms with E-state index < -0.39 is 0 Å². The molecule has 9 aromatic heterocycles. The molecule has 0 radical (unpaired) electrons. The van der Waals surface area contributed by atoms with Gasteiger partial charge in [0, 0.05) is 68.1 Å². The van der Waals surface area contributed by atoms with Crippen LogP contribution in [0.5, 0.6) is 0 Å². The van der Waals surface area contributed by atoms with Gasteiger partial charge in [0.05, 0.1) is 56.3 Å². The number of hydrogen-bond donors (Lipinski definition) is 0. The summed E-state index contributed by atoms with van der Waals surface area (Å²) in [4.78, 5) is 9.70. The second-order valence-electron chi connectivity index (χ2n) is 13.3. The van der Waals surface area contributed by atoms with Crippen LogP contribution < -0.4 is 0 Å². The lowest BCUT2D eigenvalue weighted by molar-refractivity contribution is 0.654. The quantitative estimate of drug-likeness (QED) is 0.165. The number of hydrogen-bond acceptors (Lipinski definition) is 4. The highest BCUT2D eigenvalue weighted by Gasteiger charge is 2.15. The van der Waals surface area contributed by atoms with Gasteiger partial charge in [-0.05, 0) is 72.8 Å². The molecule has 13 aromatic rings. The Morgan fingerprint density at radius 3 is 1.12 bits per heavy atom. The van der Waals surface area contributed by atoms with Crippen LogP contribution in [0.4, 0.5) is 0 Å². The minimum absolute atomic E-state index is 0.618. The zero-order chi connectivity index (χ0) is 32.2. The number of benzene rings is 4. The molecule has 0 N–H and O–H groups in total. The van der Waals surface area contributed by atoms with Crippen LogP contribution in [-0.4, -0.2) is 27.6 Å². The maximum absolute atomic E-state index is 6.31. The third-order valence-corrected chi connectivity index (χ3v) is 10.7. The summed E-state index contributed by atoms with van der Waals surface area (Å²) < 4.78 is 21.7. The standard InChI is InChI=1S/C42H22N6O2/c1-2-24-10-14-46-28-6-8-36-32(18-28)34-20-30(22-44-42(34)50-36)48-16-12-26-4-3-25-11-15-47(39(25)40(26)48)29-19-33-31-17-27(5-7-35(31)49-41(33)43-21-29)45-13-9-23(1)37(45)38(24)46/h1-22H. The number of rotatable bonds is 0. The van der Waals surface area contributed by atoms with Gasteiger partial charge >= 0.3 is 0 Å². The highest BCUT2D eigenvalue weighted by atomic mass is 16.3. The molecule has 8 heteroatoms. The summed E-state index contributed by atoms with van der Waals surface area (Å²) in [5.74, 6) is 0. The average molecular weight is 643 g/mol. The molecule has 0 saturated carbocycles. The summed E-state index contributed by atoms with van der Waals surface area (Å²) in [6.07, 6.45) is 12.4. The average Bonchev–Trinajstić information content (AvgIpc) is 4.00. The molecule has 0 amide bonds. The fraction of sp³-hybridized carbons (Fsp3) is 0. The topological polar surface area (TPSA) is 69.7 Å². The lowest BCUT2D eigenvalue weighted by atomic mass is 10.1. The minimum Gasteiger partial charge on any atom is -0.438 e. The molecule has 0 unspecified atom stereocenters. The normalized spacial score (nSPS) is 12.8. The van der Waals surface area contributed by atoms with Gasteiger partial charge in [0.1, 0.15) is 11.2 Å². The Morgan fingerprint density at radius 2 is 0.720 bits per heavy atom. The van der Waals surface area contributed by atoms with E-state index in [0.29, 0.717) is 11.4 Å². The molecule has 0 spiro atoms. The molecule has 0 aliphatic heterocycles. The van der Waals surface area contributed by atoms with E-state index in [1.54, 1.807) is 0 Å². The predicted octanol–water partition coefficient (Wildman–Crippen LogP) is 10.5. The van der Waals surface area contributed by atoms with Gasteiger partial charge in [-0.2, -0.15) is 0 Å². The Labute approximate surface area is 279 Å². The van der Waals surface area contributed by atoms with Crippen LogP contribution >= 0.6 is 0 Å². The minimum atomic E-state index is 0.618. The fourth-order valence-electron chi connectivity index (χ4n) is 8.39. The zero-order valence-electron chi connectivity index (χ0n) is 26.2. The van der Waals surface area contributed by atoms with Crippen molar-refractivity contribution in [2.45, 2.75) is 0 Å². The molecule has 0 fully saturated rings. The van der Waals surface area contributed by atoms with E-state index in [9.17, 15) is 0 Å². The second-order valence-corrected chi connectivity index (χ2v) is 13.3. The third-order valence-electron chi connectivity index (χ3n) is 10.7. The first-order chi connectivity index (χ1) is 24.7. The van der Waals surface area contributed by atoms with E-state index in [2.05, 4.69) is 139 Å². The van der Waals surface area contributed by atoms with Crippen molar-refractivity contribution in [3.05, 3.63) is 134 Å². The number of aromatic nitrogens is 6. The van der Waals surface area contributed by atoms with Gasteiger partial charge < -0.3 is 26.4 Å². The Balaban J connectivity index is 1.32. The van der Waals surface area contributed by atoms with Crippen LogP contribution in [0.3, 0.4) is 0 Å². The summed E-state index contributed by atoms with van der Waals surface area (Å²) in [6.45, 7) is 0. The van der Waals surface area contributed by atoms with Crippen molar-refractivity contribution in [2.75, 3.05) is 0 Å². The maximum Gasteiger partial charge on any atom is 0.227 e. The van der Waals surface area contributed by atoms with Crippen LogP contribution in [0.1, 0.15) is 0 Å². The van der Waals surface area contributed by atoms with Crippen molar-refractivity contribution in [1.82, 2.24) is 27.6 Å². The summed E-state index contributed by atoms with van der Waals surface area (Å²) in [5, 5.41) is 8.59. The monoisotopic (exact) mass is 642 g/mol. The molecule has 0 aliphatic carbocycles. The first-order valence-electron chi connectivity index (χ1n) is 16.6. The largest absolute Gasteiger partial charge is 0.438 e. The molecule has 8 nitrogen and oxygen atoms in total. The lowest BCUT2D eigenvalue weighted by Crippen LogP contribution is -1.90. The van der Waals surface area contributed by atoms with Crippen molar-refractivity contribution in [3.8, 4) is 0 Å². The zero-order valence-corrected chi connectivity index (χ0v) is 26.2. The van der Waals surface area contributed by atoms with E-state index in [4.69, 9.17) is 18.8 Å². The Hall–Kier alpha value is -7.06. The summed E-state index contributed by atoms with van der Waals surface area (Å²) in [6, 6.07) is 34.7.